The first-order valence-corrected chi connectivity index (χ1v) is 16.8. The predicted octanol–water partition coefficient (Wildman–Crippen LogP) is 6.55. The number of aliphatic imine (C=N–C) groups is 1. The van der Waals surface area contributed by atoms with E-state index in [9.17, 15) is 18.4 Å². The maximum atomic E-state index is 12.8. The Labute approximate surface area is 302 Å². The van der Waals surface area contributed by atoms with E-state index in [1.165, 1.54) is 31.6 Å². The van der Waals surface area contributed by atoms with Crippen LogP contribution in [0.15, 0.2) is 66.2 Å². The van der Waals surface area contributed by atoms with Crippen molar-refractivity contribution in [3.8, 4) is 22.5 Å². The Kier molecular flexibility index (Phi) is 13.0. The van der Waals surface area contributed by atoms with Gasteiger partial charge in [0.1, 0.15) is 18.7 Å². The standard InChI is InChI=1S/C25H25ClF2N8O2.C6H9NO.C5H12/c1-35(22(13-38-2)17-7-8-20(26)19(9-17)23-30-14-31-34-23)25(29)33-21(12-37)16-5-3-15(4-6-16)18-10-32-36(11-18)24(27)28;8-5-7-3-6(4-7)1-2-6;1-5(2,3)4/h3-12,14,21-22,24H,13H2,1-2H3,(H2,29,33)(H,30,31,34);5H,1-4H2;1-4H3. The number of nitrogens with zero attached hydrogens (tertiary/aromatic N) is 7. The molecule has 1 spiro atoms. The molecule has 3 heterocycles. The second kappa shape index (κ2) is 17.0. The number of nitrogens with one attached hydrogen (secondary N) is 1. The van der Waals surface area contributed by atoms with E-state index in [2.05, 4.69) is 53.0 Å². The highest BCUT2D eigenvalue weighted by Gasteiger charge is 2.51. The number of likely N-dealkylation sites (N-methyl/N-ethyl adjacent to an activating group) is 1. The molecule has 2 unspecified atom stereocenters. The smallest absolute Gasteiger partial charge is 0.333 e. The van der Waals surface area contributed by atoms with Crippen molar-refractivity contribution in [2.24, 2.45) is 21.6 Å². The van der Waals surface area contributed by atoms with E-state index in [-0.39, 0.29) is 18.6 Å². The number of alkyl halides is 2. The highest BCUT2D eigenvalue weighted by Crippen LogP contribution is 2.52. The van der Waals surface area contributed by atoms with E-state index >= 15 is 0 Å². The highest BCUT2D eigenvalue weighted by molar-refractivity contribution is 6.33. The van der Waals surface area contributed by atoms with Gasteiger partial charge in [0, 0.05) is 50.0 Å². The number of H-pyrrole nitrogens is 1. The molecular weight excluding hydrogens is 680 g/mol. The van der Waals surface area contributed by atoms with Crippen LogP contribution in [-0.4, -0.2) is 87.3 Å². The maximum absolute atomic E-state index is 12.8. The number of benzene rings is 2. The third-order valence-electron chi connectivity index (χ3n) is 8.17. The number of ether oxygens (including phenoxy) is 1. The summed E-state index contributed by atoms with van der Waals surface area (Å²) in [5.41, 5.74) is 10.8. The zero-order valence-electron chi connectivity index (χ0n) is 29.8. The number of guanidine groups is 1. The van der Waals surface area contributed by atoms with Crippen molar-refractivity contribution in [3.05, 3.63) is 77.3 Å². The molecule has 1 saturated carbocycles. The first-order chi connectivity index (χ1) is 24.2. The zero-order chi connectivity index (χ0) is 37.3. The van der Waals surface area contributed by atoms with E-state index in [4.69, 9.17) is 22.1 Å². The molecule has 1 aliphatic carbocycles. The summed E-state index contributed by atoms with van der Waals surface area (Å²) in [6, 6.07) is 11.0. The molecule has 1 saturated heterocycles. The van der Waals surface area contributed by atoms with Crippen molar-refractivity contribution in [3.63, 3.8) is 0 Å². The molecule has 2 aromatic carbocycles. The lowest BCUT2D eigenvalue weighted by atomic mass is 9.98. The van der Waals surface area contributed by atoms with E-state index in [0.717, 1.165) is 25.1 Å². The number of methoxy groups -OCH3 is 1. The normalized spacial score (nSPS) is 15.9. The lowest BCUT2D eigenvalue weighted by molar-refractivity contribution is -0.124. The van der Waals surface area contributed by atoms with Crippen LogP contribution in [-0.2, 0) is 14.3 Å². The monoisotopic (exact) mass is 725 g/mol. The summed E-state index contributed by atoms with van der Waals surface area (Å²) in [6.45, 7) is 8.38. The number of carbonyl (C=O) groups is 2. The van der Waals surface area contributed by atoms with Crippen LogP contribution in [0.4, 0.5) is 8.78 Å². The van der Waals surface area contributed by atoms with Gasteiger partial charge in [-0.2, -0.15) is 19.0 Å². The molecule has 2 aliphatic rings. The van der Waals surface area contributed by atoms with Crippen LogP contribution < -0.4 is 5.73 Å². The summed E-state index contributed by atoms with van der Waals surface area (Å²) in [6.07, 6.45) is 8.34. The SMILES string of the molecule is CC(C)(C)C.COCC(c1ccc(Cl)c(-c2ncn[nH]2)c1)N(C)C(N)=NC(C=O)c1ccc(-c2cnn(C(F)F)c2)cc1.O=CN1CC2(CC2)C1. The topological polar surface area (TPSA) is 148 Å². The fourth-order valence-electron chi connectivity index (χ4n) is 5.28. The van der Waals surface area contributed by atoms with Gasteiger partial charge in [-0.1, -0.05) is 69.6 Å². The Bertz CT molecular complexity index is 1740. The molecule has 1 amide bonds. The number of nitrogens with two attached hydrogens (primary N) is 1. The van der Waals surface area contributed by atoms with Crippen molar-refractivity contribution in [1.82, 2.24) is 34.8 Å². The summed E-state index contributed by atoms with van der Waals surface area (Å²) in [7, 11) is 3.32. The summed E-state index contributed by atoms with van der Waals surface area (Å²) in [5, 5.41) is 10.8. The van der Waals surface area contributed by atoms with Gasteiger partial charge in [0.15, 0.2) is 11.8 Å². The first kappa shape index (κ1) is 39.1. The Morgan fingerprint density at radius 3 is 2.27 bits per heavy atom. The van der Waals surface area contributed by atoms with Crippen LogP contribution in [0.5, 0.6) is 0 Å². The number of aromatic nitrogens is 5. The predicted molar refractivity (Wildman–Crippen MR) is 193 cm³/mol. The Balaban J connectivity index is 0.000000373. The molecule has 6 rings (SSSR count). The second-order valence-corrected chi connectivity index (χ2v) is 14.7. The fourth-order valence-corrected chi connectivity index (χ4v) is 5.49. The molecule has 15 heteroatoms. The van der Waals surface area contributed by atoms with Gasteiger partial charge in [0.05, 0.1) is 23.9 Å². The molecule has 274 valence electrons. The number of aromatic amines is 1. The number of likely N-dealkylation sites (tertiary alicyclic amines) is 1. The molecule has 51 heavy (non-hydrogen) atoms. The van der Waals surface area contributed by atoms with E-state index in [0.29, 0.717) is 54.9 Å². The fraction of sp³-hybridized carbons (Fsp3) is 0.444. The molecule has 4 aromatic rings. The molecule has 2 atom stereocenters. The minimum atomic E-state index is -2.72. The van der Waals surface area contributed by atoms with Crippen molar-refractivity contribution < 1.29 is 23.1 Å². The van der Waals surface area contributed by atoms with Crippen LogP contribution in [0.1, 0.15) is 70.3 Å². The van der Waals surface area contributed by atoms with Crippen molar-refractivity contribution in [1.29, 1.82) is 0 Å². The number of hydrogen-bond acceptors (Lipinski definition) is 7. The number of halogens is 3. The molecule has 2 fully saturated rings. The van der Waals surface area contributed by atoms with Crippen molar-refractivity contribution >= 4 is 30.3 Å². The molecular formula is C36H46ClF2N9O3. The van der Waals surface area contributed by atoms with Gasteiger partial charge in [-0.05, 0) is 47.1 Å². The molecule has 0 radical (unpaired) electrons. The summed E-state index contributed by atoms with van der Waals surface area (Å²) in [4.78, 5) is 34.1. The molecule has 0 bridgehead atoms. The van der Waals surface area contributed by atoms with Gasteiger partial charge in [-0.25, -0.2) is 14.7 Å². The summed E-state index contributed by atoms with van der Waals surface area (Å²) < 4.78 is 31.7. The maximum Gasteiger partial charge on any atom is 0.333 e. The molecule has 3 N–H and O–H groups in total. The van der Waals surface area contributed by atoms with Crippen LogP contribution in [0.25, 0.3) is 22.5 Å². The van der Waals surface area contributed by atoms with Gasteiger partial charge in [0.2, 0.25) is 6.41 Å². The van der Waals surface area contributed by atoms with Crippen LogP contribution in [0.3, 0.4) is 0 Å². The van der Waals surface area contributed by atoms with Gasteiger partial charge in [0.25, 0.3) is 0 Å². The third-order valence-corrected chi connectivity index (χ3v) is 8.50. The first-order valence-electron chi connectivity index (χ1n) is 16.4. The largest absolute Gasteiger partial charge is 0.382 e. The zero-order valence-corrected chi connectivity index (χ0v) is 30.5. The highest BCUT2D eigenvalue weighted by atomic mass is 35.5. The Morgan fingerprint density at radius 2 is 1.76 bits per heavy atom. The lowest BCUT2D eigenvalue weighted by Gasteiger charge is -2.36. The average molecular weight is 726 g/mol. The van der Waals surface area contributed by atoms with Gasteiger partial charge in [-0.15, -0.1) is 0 Å². The van der Waals surface area contributed by atoms with E-state index in [1.807, 2.05) is 17.0 Å². The second-order valence-electron chi connectivity index (χ2n) is 14.3. The van der Waals surface area contributed by atoms with Crippen molar-refractivity contribution in [2.75, 3.05) is 33.9 Å². The van der Waals surface area contributed by atoms with Crippen LogP contribution >= 0.6 is 11.6 Å². The number of rotatable bonds is 11. The summed E-state index contributed by atoms with van der Waals surface area (Å²) >= 11 is 6.37. The average Bonchev–Trinajstić information content (AvgIpc) is 3.43. The van der Waals surface area contributed by atoms with Gasteiger partial charge >= 0.3 is 6.55 Å². The number of aldehydes is 1. The van der Waals surface area contributed by atoms with E-state index < -0.39 is 12.6 Å². The lowest BCUT2D eigenvalue weighted by Crippen LogP contribution is -2.47. The van der Waals surface area contributed by atoms with Crippen LogP contribution in [0, 0.1) is 10.8 Å². The quantitative estimate of drug-likeness (QED) is 0.101. The van der Waals surface area contributed by atoms with Crippen LogP contribution in [0.2, 0.25) is 5.02 Å². The van der Waals surface area contributed by atoms with Crippen molar-refractivity contribution in [2.45, 2.75) is 59.2 Å². The number of carbonyl (C=O) groups excluding carboxylic acids is 2. The molecule has 1 aliphatic heterocycles. The van der Waals surface area contributed by atoms with Gasteiger partial charge in [-0.3, -0.25) is 9.89 Å². The number of amides is 1. The Morgan fingerprint density at radius 1 is 1.12 bits per heavy atom. The Hall–Kier alpha value is -4.69. The molecule has 12 nitrogen and oxygen atoms in total. The minimum absolute atomic E-state index is 0.114. The number of hydrogen-bond donors (Lipinski definition) is 2. The summed E-state index contributed by atoms with van der Waals surface area (Å²) in [5.74, 6) is 0.630. The van der Waals surface area contributed by atoms with E-state index in [1.54, 1.807) is 49.4 Å². The minimum Gasteiger partial charge on any atom is -0.382 e. The van der Waals surface area contributed by atoms with Gasteiger partial charge < -0.3 is 25.1 Å². The third kappa shape index (κ3) is 10.9. The molecule has 2 aromatic heterocycles.